The minimum Gasteiger partial charge on any atom is -0.494 e. The van der Waals surface area contributed by atoms with Crippen LogP contribution in [0, 0.1) is 0 Å². The number of pyridine rings is 2. The number of ether oxygens (including phenoxy) is 1. The second-order valence-electron chi connectivity index (χ2n) is 8.17. The van der Waals surface area contributed by atoms with E-state index in [0.717, 1.165) is 40.9 Å². The van der Waals surface area contributed by atoms with Crippen LogP contribution < -0.4 is 10.1 Å². The fourth-order valence-electron chi connectivity index (χ4n) is 3.89. The lowest BCUT2D eigenvalue weighted by Crippen LogP contribution is -2.22. The summed E-state index contributed by atoms with van der Waals surface area (Å²) >= 11 is 0. The van der Waals surface area contributed by atoms with Crippen molar-refractivity contribution in [1.29, 1.82) is 0 Å². The van der Waals surface area contributed by atoms with Crippen molar-refractivity contribution >= 4 is 16.9 Å². The van der Waals surface area contributed by atoms with Gasteiger partial charge in [0.05, 0.1) is 23.3 Å². The Balaban J connectivity index is 1.24. The molecule has 0 fully saturated rings. The van der Waals surface area contributed by atoms with Crippen molar-refractivity contribution in [1.82, 2.24) is 24.8 Å². The number of hydrogen-bond donors (Lipinski definition) is 1. The van der Waals surface area contributed by atoms with Gasteiger partial charge in [-0.25, -0.2) is 4.98 Å². The Kier molecular flexibility index (Phi) is 6.75. The van der Waals surface area contributed by atoms with Gasteiger partial charge in [-0.1, -0.05) is 12.1 Å². The smallest absolute Gasteiger partial charge is 0.251 e. The van der Waals surface area contributed by atoms with Crippen LogP contribution in [0.15, 0.2) is 97.8 Å². The summed E-state index contributed by atoms with van der Waals surface area (Å²) in [6.45, 7) is 1.06. The molecule has 0 aliphatic rings. The van der Waals surface area contributed by atoms with Gasteiger partial charge in [-0.05, 0) is 72.5 Å². The summed E-state index contributed by atoms with van der Waals surface area (Å²) in [4.78, 5) is 25.3. The second kappa shape index (κ2) is 10.6. The van der Waals surface area contributed by atoms with Crippen molar-refractivity contribution in [2.75, 3.05) is 6.61 Å². The molecule has 0 radical (unpaired) electrons. The maximum absolute atomic E-state index is 12.6. The Morgan fingerprint density at radius 2 is 1.83 bits per heavy atom. The maximum atomic E-state index is 12.6. The van der Waals surface area contributed by atoms with E-state index in [0.29, 0.717) is 18.7 Å². The van der Waals surface area contributed by atoms with Crippen LogP contribution in [0.5, 0.6) is 5.75 Å². The number of fused-ring (bicyclic) bond motifs is 1. The second-order valence-corrected chi connectivity index (χ2v) is 8.17. The lowest BCUT2D eigenvalue weighted by molar-refractivity contribution is 0.0951. The van der Waals surface area contributed by atoms with Gasteiger partial charge >= 0.3 is 0 Å². The number of carbonyl (C=O) groups is 1. The summed E-state index contributed by atoms with van der Waals surface area (Å²) in [6, 6.07) is 21.3. The number of aromatic nitrogens is 4. The topological polar surface area (TPSA) is 81.9 Å². The standard InChI is InChI=1S/C28H25N5O2/c34-28(31-19-22-4-2-12-30-18-22)23-8-9-27-26(16-23)32-20-33(27)24-6-1-7-25(17-24)35-15-3-5-21-10-13-29-14-11-21/h1-2,4,6-14,16-18,20H,3,5,15,19H2,(H,31,34). The first kappa shape index (κ1) is 22.3. The zero-order chi connectivity index (χ0) is 23.9. The first-order chi connectivity index (χ1) is 17.3. The number of aryl methyl sites for hydroxylation is 1. The van der Waals surface area contributed by atoms with Gasteiger partial charge in [0.25, 0.3) is 5.91 Å². The molecule has 5 aromatic rings. The molecule has 0 atom stereocenters. The number of rotatable bonds is 9. The predicted octanol–water partition coefficient (Wildman–Crippen LogP) is 4.76. The van der Waals surface area contributed by atoms with Crippen molar-refractivity contribution in [3.05, 3.63) is 115 Å². The summed E-state index contributed by atoms with van der Waals surface area (Å²) in [5.74, 6) is 0.665. The Labute approximate surface area is 203 Å². The number of nitrogens with zero attached hydrogens (tertiary/aromatic N) is 4. The fourth-order valence-corrected chi connectivity index (χ4v) is 3.89. The average molecular weight is 464 g/mol. The van der Waals surface area contributed by atoms with E-state index in [9.17, 15) is 4.79 Å². The van der Waals surface area contributed by atoms with Gasteiger partial charge in [0, 0.05) is 43.0 Å². The number of hydrogen-bond acceptors (Lipinski definition) is 5. The SMILES string of the molecule is O=C(NCc1cccnc1)c1ccc2c(c1)ncn2-c1cccc(OCCCc2ccncc2)c1. The molecule has 2 aromatic carbocycles. The Bertz CT molecular complexity index is 1420. The van der Waals surface area contributed by atoms with Crippen molar-refractivity contribution in [3.63, 3.8) is 0 Å². The zero-order valence-corrected chi connectivity index (χ0v) is 19.2. The highest BCUT2D eigenvalue weighted by Gasteiger charge is 2.11. The highest BCUT2D eigenvalue weighted by Crippen LogP contribution is 2.23. The van der Waals surface area contributed by atoms with Crippen LogP contribution in [0.4, 0.5) is 0 Å². The molecule has 1 amide bonds. The molecule has 35 heavy (non-hydrogen) atoms. The molecule has 7 heteroatoms. The minimum absolute atomic E-state index is 0.146. The minimum atomic E-state index is -0.146. The first-order valence-corrected chi connectivity index (χ1v) is 11.5. The zero-order valence-electron chi connectivity index (χ0n) is 19.2. The van der Waals surface area contributed by atoms with Crippen molar-refractivity contribution < 1.29 is 9.53 Å². The quantitative estimate of drug-likeness (QED) is 0.319. The van der Waals surface area contributed by atoms with E-state index in [-0.39, 0.29) is 5.91 Å². The third-order valence-electron chi connectivity index (χ3n) is 5.71. The maximum Gasteiger partial charge on any atom is 0.251 e. The third-order valence-corrected chi connectivity index (χ3v) is 5.71. The highest BCUT2D eigenvalue weighted by atomic mass is 16.5. The monoisotopic (exact) mass is 463 g/mol. The number of imidazole rings is 1. The largest absolute Gasteiger partial charge is 0.494 e. The molecule has 0 unspecified atom stereocenters. The van der Waals surface area contributed by atoms with E-state index < -0.39 is 0 Å². The van der Waals surface area contributed by atoms with Gasteiger partial charge in [0.15, 0.2) is 0 Å². The highest BCUT2D eigenvalue weighted by molar-refractivity contribution is 5.97. The van der Waals surface area contributed by atoms with Gasteiger partial charge in [-0.3, -0.25) is 19.3 Å². The Morgan fingerprint density at radius 1 is 0.914 bits per heavy atom. The van der Waals surface area contributed by atoms with E-state index in [2.05, 4.69) is 20.3 Å². The van der Waals surface area contributed by atoms with Crippen LogP contribution >= 0.6 is 0 Å². The summed E-state index contributed by atoms with van der Waals surface area (Å²) in [5.41, 5.74) is 5.40. The number of amides is 1. The number of nitrogens with one attached hydrogen (secondary N) is 1. The summed E-state index contributed by atoms with van der Waals surface area (Å²) in [6.07, 6.45) is 10.7. The first-order valence-electron chi connectivity index (χ1n) is 11.5. The molecule has 0 aliphatic carbocycles. The van der Waals surface area contributed by atoms with Crippen molar-refractivity contribution in [2.45, 2.75) is 19.4 Å². The van der Waals surface area contributed by atoms with Crippen molar-refractivity contribution in [3.8, 4) is 11.4 Å². The Morgan fingerprint density at radius 3 is 2.69 bits per heavy atom. The molecule has 174 valence electrons. The van der Waals surface area contributed by atoms with Gasteiger partial charge in [0.2, 0.25) is 0 Å². The molecular weight excluding hydrogens is 438 g/mol. The molecule has 0 saturated carbocycles. The third kappa shape index (κ3) is 5.52. The van der Waals surface area contributed by atoms with Gasteiger partial charge in [0.1, 0.15) is 12.1 Å². The van der Waals surface area contributed by atoms with Crippen LogP contribution in [0.1, 0.15) is 27.9 Å². The molecular formula is C28H25N5O2. The van der Waals surface area contributed by atoms with E-state index in [1.807, 2.05) is 83.7 Å². The molecule has 0 aliphatic heterocycles. The fraction of sp³-hybridized carbons (Fsp3) is 0.143. The van der Waals surface area contributed by atoms with Crippen LogP contribution in [0.3, 0.4) is 0 Å². The van der Waals surface area contributed by atoms with Gasteiger partial charge < -0.3 is 10.1 Å². The van der Waals surface area contributed by atoms with Crippen LogP contribution in [-0.2, 0) is 13.0 Å². The molecule has 3 aromatic heterocycles. The predicted molar refractivity (Wildman–Crippen MR) is 135 cm³/mol. The lowest BCUT2D eigenvalue weighted by Gasteiger charge is -2.10. The number of carbonyl (C=O) groups excluding carboxylic acids is 1. The van der Waals surface area contributed by atoms with E-state index in [1.54, 1.807) is 18.7 Å². The molecule has 0 spiro atoms. The summed E-state index contributed by atoms with van der Waals surface area (Å²) in [5, 5.41) is 2.93. The van der Waals surface area contributed by atoms with Crippen LogP contribution in [0.25, 0.3) is 16.7 Å². The molecule has 0 saturated heterocycles. The van der Waals surface area contributed by atoms with Gasteiger partial charge in [-0.15, -0.1) is 0 Å². The van der Waals surface area contributed by atoms with Crippen molar-refractivity contribution in [2.24, 2.45) is 0 Å². The molecule has 5 rings (SSSR count). The van der Waals surface area contributed by atoms with E-state index in [4.69, 9.17) is 4.74 Å². The average Bonchev–Trinajstić information content (AvgIpc) is 3.34. The molecule has 3 heterocycles. The molecule has 7 nitrogen and oxygen atoms in total. The molecule has 0 bridgehead atoms. The van der Waals surface area contributed by atoms with E-state index >= 15 is 0 Å². The molecule has 1 N–H and O–H groups in total. The normalized spacial score (nSPS) is 10.9. The van der Waals surface area contributed by atoms with E-state index in [1.165, 1.54) is 5.56 Å². The van der Waals surface area contributed by atoms with Crippen LogP contribution in [0.2, 0.25) is 0 Å². The summed E-state index contributed by atoms with van der Waals surface area (Å²) < 4.78 is 7.98. The van der Waals surface area contributed by atoms with Gasteiger partial charge in [-0.2, -0.15) is 0 Å². The number of benzene rings is 2. The lowest BCUT2D eigenvalue weighted by atomic mass is 10.1. The van der Waals surface area contributed by atoms with Crippen LogP contribution in [-0.4, -0.2) is 32.0 Å². The Hall–Kier alpha value is -4.52. The summed E-state index contributed by atoms with van der Waals surface area (Å²) in [7, 11) is 0.